The monoisotopic (exact) mass is 280 g/mol. The second-order valence-electron chi connectivity index (χ2n) is 4.83. The maximum absolute atomic E-state index is 11.8. The van der Waals surface area contributed by atoms with Crippen molar-refractivity contribution >= 4 is 5.69 Å². The van der Waals surface area contributed by atoms with E-state index in [1.807, 2.05) is 43.3 Å². The van der Waals surface area contributed by atoms with Gasteiger partial charge in [-0.1, -0.05) is 6.07 Å². The molecule has 21 heavy (non-hydrogen) atoms. The summed E-state index contributed by atoms with van der Waals surface area (Å²) in [5.41, 5.74) is 3.73. The van der Waals surface area contributed by atoms with Gasteiger partial charge in [0.2, 0.25) is 0 Å². The van der Waals surface area contributed by atoms with E-state index in [2.05, 4.69) is 15.3 Å². The van der Waals surface area contributed by atoms with Crippen LogP contribution >= 0.6 is 0 Å². The number of nitrogens with zero attached hydrogens (tertiary/aromatic N) is 2. The van der Waals surface area contributed by atoms with Crippen LogP contribution in [0.2, 0.25) is 0 Å². The first-order valence-electron chi connectivity index (χ1n) is 6.74. The van der Waals surface area contributed by atoms with Gasteiger partial charge in [0.1, 0.15) is 0 Å². The fraction of sp³-hybridized carbons (Fsp3) is 0.125. The van der Waals surface area contributed by atoms with Crippen LogP contribution in [0.3, 0.4) is 0 Å². The van der Waals surface area contributed by atoms with Gasteiger partial charge in [0, 0.05) is 36.5 Å². The van der Waals surface area contributed by atoms with Crippen molar-refractivity contribution < 1.29 is 0 Å². The summed E-state index contributed by atoms with van der Waals surface area (Å²) in [6.07, 6.45) is 5.26. The molecule has 2 heterocycles. The van der Waals surface area contributed by atoms with Gasteiger partial charge >= 0.3 is 5.69 Å². The van der Waals surface area contributed by atoms with Gasteiger partial charge in [-0.15, -0.1) is 0 Å². The van der Waals surface area contributed by atoms with Crippen LogP contribution in [0.25, 0.3) is 5.69 Å². The Kier molecular flexibility index (Phi) is 3.55. The first kappa shape index (κ1) is 13.2. The summed E-state index contributed by atoms with van der Waals surface area (Å²) in [6.45, 7) is 2.61. The molecule has 1 aromatic carbocycles. The molecule has 2 aromatic heterocycles. The molecule has 0 aliphatic rings. The molecule has 2 N–H and O–H groups in total. The number of aryl methyl sites for hydroxylation is 1. The van der Waals surface area contributed by atoms with Gasteiger partial charge in [0.05, 0.1) is 5.69 Å². The minimum absolute atomic E-state index is 0.126. The van der Waals surface area contributed by atoms with Crippen molar-refractivity contribution in [1.82, 2.24) is 14.5 Å². The Morgan fingerprint density at radius 1 is 1.24 bits per heavy atom. The summed E-state index contributed by atoms with van der Waals surface area (Å²) < 4.78 is 1.65. The minimum Gasteiger partial charge on any atom is -0.381 e. The van der Waals surface area contributed by atoms with E-state index in [9.17, 15) is 4.79 Å². The molecule has 3 aromatic rings. The maximum atomic E-state index is 11.8. The average molecular weight is 280 g/mol. The molecule has 0 amide bonds. The highest BCUT2D eigenvalue weighted by atomic mass is 16.1. The van der Waals surface area contributed by atoms with Gasteiger partial charge in [0.25, 0.3) is 0 Å². The molecule has 0 aliphatic heterocycles. The van der Waals surface area contributed by atoms with E-state index < -0.39 is 0 Å². The number of pyridine rings is 1. The molecule has 3 rings (SSSR count). The first-order valence-corrected chi connectivity index (χ1v) is 6.74. The highest BCUT2D eigenvalue weighted by Gasteiger charge is 2.05. The molecule has 0 atom stereocenters. The second-order valence-corrected chi connectivity index (χ2v) is 4.83. The van der Waals surface area contributed by atoms with Gasteiger partial charge in [0.15, 0.2) is 0 Å². The molecule has 5 heteroatoms. The van der Waals surface area contributed by atoms with Crippen molar-refractivity contribution in [2.45, 2.75) is 13.5 Å². The highest BCUT2D eigenvalue weighted by Crippen LogP contribution is 2.15. The minimum atomic E-state index is -0.126. The van der Waals surface area contributed by atoms with Crippen molar-refractivity contribution in [1.29, 1.82) is 0 Å². The van der Waals surface area contributed by atoms with E-state index >= 15 is 0 Å². The molecule has 0 unspecified atom stereocenters. The largest absolute Gasteiger partial charge is 0.381 e. The van der Waals surface area contributed by atoms with Crippen LogP contribution < -0.4 is 11.0 Å². The van der Waals surface area contributed by atoms with Gasteiger partial charge in [-0.05, 0) is 42.8 Å². The van der Waals surface area contributed by atoms with E-state index in [4.69, 9.17) is 0 Å². The van der Waals surface area contributed by atoms with Gasteiger partial charge < -0.3 is 10.3 Å². The molecule has 0 radical (unpaired) electrons. The topological polar surface area (TPSA) is 62.7 Å². The summed E-state index contributed by atoms with van der Waals surface area (Å²) in [5.74, 6) is 0. The number of hydrogen-bond donors (Lipinski definition) is 2. The van der Waals surface area contributed by atoms with Crippen LogP contribution in [0.4, 0.5) is 5.69 Å². The van der Waals surface area contributed by atoms with Gasteiger partial charge in [-0.25, -0.2) is 4.79 Å². The zero-order valence-corrected chi connectivity index (χ0v) is 11.7. The van der Waals surface area contributed by atoms with Gasteiger partial charge in [-0.2, -0.15) is 0 Å². The summed E-state index contributed by atoms with van der Waals surface area (Å²) in [4.78, 5) is 18.5. The Bertz CT molecular complexity index is 789. The van der Waals surface area contributed by atoms with E-state index in [1.165, 1.54) is 0 Å². The van der Waals surface area contributed by atoms with E-state index in [0.29, 0.717) is 6.54 Å². The third kappa shape index (κ3) is 2.86. The number of hydrogen-bond acceptors (Lipinski definition) is 3. The Morgan fingerprint density at radius 3 is 2.76 bits per heavy atom. The van der Waals surface area contributed by atoms with Crippen molar-refractivity contribution in [3.63, 3.8) is 0 Å². The number of H-pyrrole nitrogens is 1. The maximum Gasteiger partial charge on any atom is 0.330 e. The predicted octanol–water partition coefficient (Wildman–Crippen LogP) is 2.48. The smallest absolute Gasteiger partial charge is 0.330 e. The molecular formula is C16H16N4O. The Labute approximate surface area is 122 Å². The zero-order chi connectivity index (χ0) is 14.7. The Morgan fingerprint density at radius 2 is 2.05 bits per heavy atom. The van der Waals surface area contributed by atoms with E-state index in [0.717, 1.165) is 22.6 Å². The molecule has 0 fully saturated rings. The quantitative estimate of drug-likeness (QED) is 0.771. The molecule has 106 valence electrons. The van der Waals surface area contributed by atoms with E-state index in [1.54, 1.807) is 23.2 Å². The van der Waals surface area contributed by atoms with Gasteiger partial charge in [-0.3, -0.25) is 9.55 Å². The number of benzene rings is 1. The summed E-state index contributed by atoms with van der Waals surface area (Å²) >= 11 is 0. The SMILES string of the molecule is Cc1c[nH]c(=O)n1-c1cccc(NCc2ccncc2)c1. The number of aromatic amines is 1. The summed E-state index contributed by atoms with van der Waals surface area (Å²) in [7, 11) is 0. The standard InChI is InChI=1S/C16H16N4O/c1-12-10-19-16(21)20(12)15-4-2-3-14(9-15)18-11-13-5-7-17-8-6-13/h2-10,18H,11H2,1H3,(H,19,21). The van der Waals surface area contributed by atoms with Crippen LogP contribution in [0.5, 0.6) is 0 Å². The first-order chi connectivity index (χ1) is 10.2. The number of rotatable bonds is 4. The third-order valence-electron chi connectivity index (χ3n) is 3.31. The van der Waals surface area contributed by atoms with Crippen LogP contribution in [-0.2, 0) is 6.54 Å². The normalized spacial score (nSPS) is 10.5. The lowest BCUT2D eigenvalue weighted by molar-refractivity contribution is 0.949. The lowest BCUT2D eigenvalue weighted by atomic mass is 10.2. The average Bonchev–Trinajstić information content (AvgIpc) is 2.85. The Balaban J connectivity index is 1.82. The number of aromatic nitrogens is 3. The van der Waals surface area contributed by atoms with E-state index in [-0.39, 0.29) is 5.69 Å². The molecule has 0 spiro atoms. The van der Waals surface area contributed by atoms with Crippen molar-refractivity contribution in [3.8, 4) is 5.69 Å². The van der Waals surface area contributed by atoms with Crippen molar-refractivity contribution in [2.75, 3.05) is 5.32 Å². The molecule has 0 bridgehead atoms. The van der Waals surface area contributed by atoms with Crippen molar-refractivity contribution in [2.24, 2.45) is 0 Å². The molecule has 0 aliphatic carbocycles. The molecule has 5 nitrogen and oxygen atoms in total. The van der Waals surface area contributed by atoms with Crippen LogP contribution in [0, 0.1) is 6.92 Å². The fourth-order valence-electron chi connectivity index (χ4n) is 2.24. The van der Waals surface area contributed by atoms with Crippen LogP contribution in [0.1, 0.15) is 11.3 Å². The summed E-state index contributed by atoms with van der Waals surface area (Å²) in [5, 5.41) is 3.35. The molecule has 0 saturated heterocycles. The fourth-order valence-corrected chi connectivity index (χ4v) is 2.24. The number of imidazole rings is 1. The zero-order valence-electron chi connectivity index (χ0n) is 11.7. The lowest BCUT2D eigenvalue weighted by Gasteiger charge is -2.09. The van der Waals surface area contributed by atoms with Crippen LogP contribution in [-0.4, -0.2) is 14.5 Å². The van der Waals surface area contributed by atoms with Crippen molar-refractivity contribution in [3.05, 3.63) is 76.7 Å². The van der Waals surface area contributed by atoms with Crippen LogP contribution in [0.15, 0.2) is 59.8 Å². The number of anilines is 1. The Hall–Kier alpha value is -2.82. The third-order valence-corrected chi connectivity index (χ3v) is 3.31. The molecular weight excluding hydrogens is 264 g/mol. The number of nitrogens with one attached hydrogen (secondary N) is 2. The predicted molar refractivity (Wildman–Crippen MR) is 82.7 cm³/mol. The lowest BCUT2D eigenvalue weighted by Crippen LogP contribution is -2.16. The highest BCUT2D eigenvalue weighted by molar-refractivity contribution is 5.51. The second kappa shape index (κ2) is 5.66. The summed E-state index contributed by atoms with van der Waals surface area (Å²) in [6, 6.07) is 11.7. The molecule has 0 saturated carbocycles.